The highest BCUT2D eigenvalue weighted by Gasteiger charge is 2.29. The Morgan fingerprint density at radius 3 is 2.71 bits per heavy atom. The topological polar surface area (TPSA) is 77.5 Å². The molecule has 1 aromatic carbocycles. The van der Waals surface area contributed by atoms with Gasteiger partial charge in [0.2, 0.25) is 10.0 Å². The second-order valence-corrected chi connectivity index (χ2v) is 9.17. The molecular formula is C20H25ClN2O4S. The fourth-order valence-electron chi connectivity index (χ4n) is 3.15. The number of hydrogen-bond donors (Lipinski definition) is 1. The van der Waals surface area contributed by atoms with Crippen molar-refractivity contribution >= 4 is 21.6 Å². The van der Waals surface area contributed by atoms with Crippen LogP contribution in [0.3, 0.4) is 0 Å². The Bertz CT molecular complexity index is 857. The molecule has 2 heterocycles. The number of nitrogens with one attached hydrogen (secondary N) is 1. The van der Waals surface area contributed by atoms with Gasteiger partial charge in [0.1, 0.15) is 5.75 Å². The number of aromatic nitrogens is 1. The smallest absolute Gasteiger partial charge is 0.211 e. The van der Waals surface area contributed by atoms with E-state index in [9.17, 15) is 8.42 Å². The standard InChI is InChI=1S/C20H25ClN2O4S/c1-2-11-28(24,25)23-20-9-10-26-13-16(20)14-27-18-6-3-15(4-7-18)19-8-5-17(21)12-22-19/h3-8,12,16,20,23H,2,9-11,13-14H2,1H3/t16-,20+/m0/s1. The van der Waals surface area contributed by atoms with Crippen LogP contribution in [0.4, 0.5) is 0 Å². The van der Waals surface area contributed by atoms with Crippen molar-refractivity contribution in [1.82, 2.24) is 9.71 Å². The molecule has 1 fully saturated rings. The summed E-state index contributed by atoms with van der Waals surface area (Å²) in [5, 5.41) is 0.600. The SMILES string of the molecule is CCCS(=O)(=O)N[C@@H]1CCOC[C@H]1COc1ccc(-c2ccc(Cl)cn2)cc1. The van der Waals surface area contributed by atoms with E-state index in [4.69, 9.17) is 21.1 Å². The lowest BCUT2D eigenvalue weighted by molar-refractivity contribution is 0.0186. The number of sulfonamides is 1. The zero-order valence-corrected chi connectivity index (χ0v) is 17.4. The van der Waals surface area contributed by atoms with Crippen molar-refractivity contribution in [2.45, 2.75) is 25.8 Å². The summed E-state index contributed by atoms with van der Waals surface area (Å²) >= 11 is 5.87. The average molecular weight is 425 g/mol. The number of rotatable bonds is 8. The summed E-state index contributed by atoms with van der Waals surface area (Å²) in [6.45, 7) is 3.27. The van der Waals surface area contributed by atoms with Gasteiger partial charge in [0.15, 0.2) is 0 Å². The molecule has 1 saturated heterocycles. The predicted molar refractivity (Wildman–Crippen MR) is 110 cm³/mol. The molecule has 0 aliphatic carbocycles. The van der Waals surface area contributed by atoms with Gasteiger partial charge in [-0.1, -0.05) is 18.5 Å². The van der Waals surface area contributed by atoms with Crippen LogP contribution >= 0.6 is 11.6 Å². The first-order valence-electron chi connectivity index (χ1n) is 9.39. The van der Waals surface area contributed by atoms with E-state index < -0.39 is 10.0 Å². The summed E-state index contributed by atoms with van der Waals surface area (Å²) in [4.78, 5) is 4.30. The largest absolute Gasteiger partial charge is 0.493 e. The summed E-state index contributed by atoms with van der Waals surface area (Å²) < 4.78 is 38.5. The molecule has 3 rings (SSSR count). The molecule has 0 unspecified atom stereocenters. The first-order chi connectivity index (χ1) is 13.5. The summed E-state index contributed by atoms with van der Waals surface area (Å²) in [6.07, 6.45) is 2.86. The maximum absolute atomic E-state index is 12.1. The fourth-order valence-corrected chi connectivity index (χ4v) is 4.69. The van der Waals surface area contributed by atoms with Crippen LogP contribution in [0.25, 0.3) is 11.3 Å². The molecule has 2 aromatic rings. The molecule has 6 nitrogen and oxygen atoms in total. The van der Waals surface area contributed by atoms with Crippen molar-refractivity contribution in [2.75, 3.05) is 25.6 Å². The normalized spacial score (nSPS) is 20.1. The van der Waals surface area contributed by atoms with E-state index in [1.54, 1.807) is 12.3 Å². The highest BCUT2D eigenvalue weighted by molar-refractivity contribution is 7.89. The molecule has 0 saturated carbocycles. The number of halogens is 1. The Balaban J connectivity index is 1.59. The highest BCUT2D eigenvalue weighted by atomic mass is 35.5. The number of ether oxygens (including phenoxy) is 2. The van der Waals surface area contributed by atoms with Crippen LogP contribution in [-0.2, 0) is 14.8 Å². The van der Waals surface area contributed by atoms with Crippen LogP contribution < -0.4 is 9.46 Å². The van der Waals surface area contributed by atoms with E-state index in [0.29, 0.717) is 37.7 Å². The summed E-state index contributed by atoms with van der Waals surface area (Å²) in [6, 6.07) is 11.1. The maximum atomic E-state index is 12.1. The van der Waals surface area contributed by atoms with Crippen molar-refractivity contribution in [1.29, 1.82) is 0 Å². The van der Waals surface area contributed by atoms with Gasteiger partial charge in [0, 0.05) is 30.3 Å². The van der Waals surface area contributed by atoms with Crippen molar-refractivity contribution in [2.24, 2.45) is 5.92 Å². The quantitative estimate of drug-likeness (QED) is 0.701. The van der Waals surface area contributed by atoms with E-state index >= 15 is 0 Å². The van der Waals surface area contributed by atoms with Crippen LogP contribution in [0.2, 0.25) is 5.02 Å². The maximum Gasteiger partial charge on any atom is 0.211 e. The van der Waals surface area contributed by atoms with E-state index in [1.807, 2.05) is 37.3 Å². The Hall–Kier alpha value is -1.67. The summed E-state index contributed by atoms with van der Waals surface area (Å²) in [5.41, 5.74) is 1.80. The van der Waals surface area contributed by atoms with Gasteiger partial charge in [-0.15, -0.1) is 0 Å². The van der Waals surface area contributed by atoms with Gasteiger partial charge in [-0.3, -0.25) is 4.98 Å². The first-order valence-corrected chi connectivity index (χ1v) is 11.4. The van der Waals surface area contributed by atoms with E-state index in [0.717, 1.165) is 17.0 Å². The molecule has 1 N–H and O–H groups in total. The minimum atomic E-state index is -3.26. The van der Waals surface area contributed by atoms with Crippen molar-refractivity contribution in [3.05, 3.63) is 47.6 Å². The van der Waals surface area contributed by atoms with Crippen LogP contribution in [0.5, 0.6) is 5.75 Å². The molecule has 1 aliphatic rings. The van der Waals surface area contributed by atoms with Crippen molar-refractivity contribution in [3.8, 4) is 17.0 Å². The fraction of sp³-hybridized carbons (Fsp3) is 0.450. The molecule has 2 atom stereocenters. The monoisotopic (exact) mass is 424 g/mol. The predicted octanol–water partition coefficient (Wildman–Crippen LogP) is 3.52. The Morgan fingerprint density at radius 1 is 1.25 bits per heavy atom. The molecule has 0 bridgehead atoms. The number of nitrogens with zero attached hydrogens (tertiary/aromatic N) is 1. The van der Waals surface area contributed by atoms with Gasteiger partial charge >= 0.3 is 0 Å². The minimum Gasteiger partial charge on any atom is -0.493 e. The van der Waals surface area contributed by atoms with Gasteiger partial charge in [0.25, 0.3) is 0 Å². The molecule has 28 heavy (non-hydrogen) atoms. The minimum absolute atomic E-state index is 0.0296. The van der Waals surface area contributed by atoms with Gasteiger partial charge in [-0.05, 0) is 49.2 Å². The van der Waals surface area contributed by atoms with Gasteiger partial charge < -0.3 is 9.47 Å². The van der Waals surface area contributed by atoms with Crippen molar-refractivity contribution in [3.63, 3.8) is 0 Å². The lowest BCUT2D eigenvalue weighted by Gasteiger charge is -2.31. The summed E-state index contributed by atoms with van der Waals surface area (Å²) in [5.74, 6) is 0.828. The van der Waals surface area contributed by atoms with Crippen molar-refractivity contribution < 1.29 is 17.9 Å². The lowest BCUT2D eigenvalue weighted by atomic mass is 9.98. The molecule has 0 radical (unpaired) electrons. The molecular weight excluding hydrogens is 400 g/mol. The third kappa shape index (κ3) is 5.91. The number of pyridine rings is 1. The number of benzene rings is 1. The third-order valence-electron chi connectivity index (χ3n) is 4.62. The van der Waals surface area contributed by atoms with Gasteiger partial charge in [-0.2, -0.15) is 0 Å². The van der Waals surface area contributed by atoms with Crippen LogP contribution in [0.15, 0.2) is 42.6 Å². The Labute approximate surface area is 171 Å². The van der Waals surface area contributed by atoms with Crippen LogP contribution in [0.1, 0.15) is 19.8 Å². The molecule has 152 valence electrons. The lowest BCUT2D eigenvalue weighted by Crippen LogP contribution is -2.48. The second-order valence-electron chi connectivity index (χ2n) is 6.86. The first kappa shape index (κ1) is 21.0. The molecule has 1 aliphatic heterocycles. The van der Waals surface area contributed by atoms with E-state index in [-0.39, 0.29) is 17.7 Å². The Kier molecular flexibility index (Phi) is 7.29. The molecule has 8 heteroatoms. The number of hydrogen-bond acceptors (Lipinski definition) is 5. The zero-order chi connectivity index (χ0) is 20.0. The Morgan fingerprint density at radius 2 is 2.04 bits per heavy atom. The molecule has 1 aromatic heterocycles. The molecule has 0 amide bonds. The second kappa shape index (κ2) is 9.69. The average Bonchev–Trinajstić information content (AvgIpc) is 2.68. The zero-order valence-electron chi connectivity index (χ0n) is 15.8. The van der Waals surface area contributed by atoms with Crippen LogP contribution in [0, 0.1) is 5.92 Å². The van der Waals surface area contributed by atoms with Gasteiger partial charge in [0.05, 0.1) is 29.7 Å². The van der Waals surface area contributed by atoms with Gasteiger partial charge in [-0.25, -0.2) is 13.1 Å². The van der Waals surface area contributed by atoms with E-state index in [1.165, 1.54) is 0 Å². The summed E-state index contributed by atoms with van der Waals surface area (Å²) in [7, 11) is -3.26. The van der Waals surface area contributed by atoms with Crippen LogP contribution in [-0.4, -0.2) is 45.0 Å². The molecule has 0 spiro atoms. The third-order valence-corrected chi connectivity index (χ3v) is 6.45. The van der Waals surface area contributed by atoms with E-state index in [2.05, 4.69) is 9.71 Å². The highest BCUT2D eigenvalue weighted by Crippen LogP contribution is 2.23.